The maximum absolute atomic E-state index is 13.0. The molecule has 0 radical (unpaired) electrons. The standard InChI is InChI=1S/C19H33N5O8/c1-10(25)15(23-16(28)11(21)9-14(26)27)17(29)22-12(5-2-3-7-20)18(30)24-8-4-6-13(24)19(31)32/h10-13,15,25H,2-9,20-21H2,1H3,(H,22,29)(H,23,28)(H,26,27)(H,31,32). The van der Waals surface area contributed by atoms with Crippen molar-refractivity contribution in [3.05, 3.63) is 0 Å². The Kier molecular flexibility index (Phi) is 11.0. The Hall–Kier alpha value is -2.77. The lowest BCUT2D eigenvalue weighted by Gasteiger charge is -2.29. The molecule has 1 aliphatic rings. The fourth-order valence-corrected chi connectivity index (χ4v) is 3.45. The highest BCUT2D eigenvalue weighted by Crippen LogP contribution is 2.20. The average molecular weight is 460 g/mol. The summed E-state index contributed by atoms with van der Waals surface area (Å²) in [6, 6.07) is -5.01. The van der Waals surface area contributed by atoms with Crippen LogP contribution in [-0.2, 0) is 24.0 Å². The maximum atomic E-state index is 13.0. The van der Waals surface area contributed by atoms with E-state index in [9.17, 15) is 34.2 Å². The van der Waals surface area contributed by atoms with Gasteiger partial charge in [0.05, 0.1) is 18.6 Å². The summed E-state index contributed by atoms with van der Waals surface area (Å²) in [5.41, 5.74) is 11.0. The van der Waals surface area contributed by atoms with Gasteiger partial charge in [-0.05, 0) is 45.6 Å². The molecular formula is C19H33N5O8. The number of nitrogens with one attached hydrogen (secondary N) is 2. The molecule has 0 saturated carbocycles. The molecule has 182 valence electrons. The van der Waals surface area contributed by atoms with E-state index in [0.717, 1.165) is 0 Å². The molecule has 5 atom stereocenters. The summed E-state index contributed by atoms with van der Waals surface area (Å²) in [5.74, 6) is -4.85. The van der Waals surface area contributed by atoms with Gasteiger partial charge in [0.2, 0.25) is 17.7 Å². The van der Waals surface area contributed by atoms with Gasteiger partial charge >= 0.3 is 11.9 Å². The summed E-state index contributed by atoms with van der Waals surface area (Å²) in [4.78, 5) is 61.3. The van der Waals surface area contributed by atoms with Crippen LogP contribution in [0.4, 0.5) is 0 Å². The average Bonchev–Trinajstić information content (AvgIpc) is 3.20. The Morgan fingerprint density at radius 2 is 1.75 bits per heavy atom. The van der Waals surface area contributed by atoms with Crippen molar-refractivity contribution in [1.82, 2.24) is 15.5 Å². The molecule has 0 aromatic carbocycles. The van der Waals surface area contributed by atoms with Crippen molar-refractivity contribution in [3.63, 3.8) is 0 Å². The Balaban J connectivity index is 2.95. The molecule has 9 N–H and O–H groups in total. The van der Waals surface area contributed by atoms with Crippen molar-refractivity contribution in [2.24, 2.45) is 11.5 Å². The molecule has 0 aliphatic carbocycles. The highest BCUT2D eigenvalue weighted by Gasteiger charge is 2.38. The van der Waals surface area contributed by atoms with Gasteiger partial charge in [0.25, 0.3) is 0 Å². The Morgan fingerprint density at radius 1 is 1.09 bits per heavy atom. The van der Waals surface area contributed by atoms with Crippen LogP contribution in [0.5, 0.6) is 0 Å². The summed E-state index contributed by atoms with van der Waals surface area (Å²) >= 11 is 0. The van der Waals surface area contributed by atoms with Crippen molar-refractivity contribution in [2.75, 3.05) is 13.1 Å². The zero-order valence-electron chi connectivity index (χ0n) is 18.0. The molecule has 1 rings (SSSR count). The molecular weight excluding hydrogens is 426 g/mol. The molecule has 0 bridgehead atoms. The SMILES string of the molecule is CC(O)C(NC(=O)C(N)CC(=O)O)C(=O)NC(CCCCN)C(=O)N1CCCC1C(=O)O. The second kappa shape index (κ2) is 12.9. The van der Waals surface area contributed by atoms with Crippen LogP contribution in [0.1, 0.15) is 45.4 Å². The molecule has 32 heavy (non-hydrogen) atoms. The molecule has 13 nitrogen and oxygen atoms in total. The summed E-state index contributed by atoms with van der Waals surface area (Å²) in [5, 5.41) is 32.8. The van der Waals surface area contributed by atoms with Gasteiger partial charge < -0.3 is 42.3 Å². The van der Waals surface area contributed by atoms with Crippen molar-refractivity contribution in [2.45, 2.75) is 75.7 Å². The van der Waals surface area contributed by atoms with E-state index >= 15 is 0 Å². The Labute approximate surface area is 185 Å². The zero-order chi connectivity index (χ0) is 24.4. The smallest absolute Gasteiger partial charge is 0.326 e. The predicted molar refractivity (Wildman–Crippen MR) is 111 cm³/mol. The summed E-state index contributed by atoms with van der Waals surface area (Å²) < 4.78 is 0. The highest BCUT2D eigenvalue weighted by atomic mass is 16.4. The van der Waals surface area contributed by atoms with E-state index in [0.29, 0.717) is 32.2 Å². The van der Waals surface area contributed by atoms with E-state index in [1.807, 2.05) is 0 Å². The number of likely N-dealkylation sites (tertiary alicyclic amines) is 1. The van der Waals surface area contributed by atoms with E-state index < -0.39 is 66.4 Å². The molecule has 1 saturated heterocycles. The number of rotatable bonds is 13. The third-order valence-electron chi connectivity index (χ3n) is 5.18. The number of aliphatic carboxylic acids is 2. The van der Waals surface area contributed by atoms with Crippen LogP contribution in [0.3, 0.4) is 0 Å². The van der Waals surface area contributed by atoms with E-state index in [-0.39, 0.29) is 13.0 Å². The number of carbonyl (C=O) groups excluding carboxylic acids is 3. The first kappa shape index (κ1) is 27.3. The van der Waals surface area contributed by atoms with Crippen LogP contribution in [0.25, 0.3) is 0 Å². The first-order valence-electron chi connectivity index (χ1n) is 10.5. The number of nitrogens with two attached hydrogens (primary N) is 2. The van der Waals surface area contributed by atoms with Crippen LogP contribution in [-0.4, -0.2) is 93.2 Å². The zero-order valence-corrected chi connectivity index (χ0v) is 18.0. The largest absolute Gasteiger partial charge is 0.481 e. The molecule has 1 fully saturated rings. The van der Waals surface area contributed by atoms with Gasteiger partial charge in [-0.2, -0.15) is 0 Å². The lowest BCUT2D eigenvalue weighted by atomic mass is 10.0. The number of carboxylic acids is 2. The van der Waals surface area contributed by atoms with Crippen molar-refractivity contribution in [1.29, 1.82) is 0 Å². The van der Waals surface area contributed by atoms with E-state index in [2.05, 4.69) is 10.6 Å². The quantitative estimate of drug-likeness (QED) is 0.141. The van der Waals surface area contributed by atoms with Crippen LogP contribution in [0, 0.1) is 0 Å². The van der Waals surface area contributed by atoms with Gasteiger partial charge in [0, 0.05) is 6.54 Å². The minimum Gasteiger partial charge on any atom is -0.481 e. The highest BCUT2D eigenvalue weighted by molar-refractivity contribution is 5.95. The van der Waals surface area contributed by atoms with E-state index in [4.69, 9.17) is 16.6 Å². The number of aliphatic hydroxyl groups excluding tert-OH is 1. The first-order valence-corrected chi connectivity index (χ1v) is 10.5. The van der Waals surface area contributed by atoms with Crippen molar-refractivity contribution >= 4 is 29.7 Å². The fourth-order valence-electron chi connectivity index (χ4n) is 3.45. The number of hydrogen-bond donors (Lipinski definition) is 7. The Morgan fingerprint density at radius 3 is 2.28 bits per heavy atom. The number of hydrogen-bond acceptors (Lipinski definition) is 8. The minimum absolute atomic E-state index is 0.184. The fraction of sp³-hybridized carbons (Fsp3) is 0.737. The number of nitrogens with zero attached hydrogens (tertiary/aromatic N) is 1. The van der Waals surface area contributed by atoms with Gasteiger partial charge in [-0.3, -0.25) is 19.2 Å². The van der Waals surface area contributed by atoms with E-state index in [1.165, 1.54) is 11.8 Å². The second-order valence-electron chi connectivity index (χ2n) is 7.80. The summed E-state index contributed by atoms with van der Waals surface area (Å²) in [6.07, 6.45) is -0.00102. The van der Waals surface area contributed by atoms with Gasteiger partial charge in [-0.15, -0.1) is 0 Å². The summed E-state index contributed by atoms with van der Waals surface area (Å²) in [6.45, 7) is 1.84. The minimum atomic E-state index is -1.50. The number of amides is 3. The monoisotopic (exact) mass is 459 g/mol. The molecule has 0 spiro atoms. The van der Waals surface area contributed by atoms with Crippen molar-refractivity contribution < 1.29 is 39.3 Å². The molecule has 0 aromatic heterocycles. The van der Waals surface area contributed by atoms with Crippen LogP contribution >= 0.6 is 0 Å². The van der Waals surface area contributed by atoms with Crippen LogP contribution in [0.2, 0.25) is 0 Å². The third-order valence-corrected chi connectivity index (χ3v) is 5.18. The van der Waals surface area contributed by atoms with Gasteiger partial charge in [-0.1, -0.05) is 0 Å². The molecule has 5 unspecified atom stereocenters. The molecule has 3 amide bonds. The van der Waals surface area contributed by atoms with Crippen molar-refractivity contribution in [3.8, 4) is 0 Å². The second-order valence-corrected chi connectivity index (χ2v) is 7.80. The normalized spacial score (nSPS) is 19.5. The molecule has 1 heterocycles. The number of unbranched alkanes of at least 4 members (excludes halogenated alkanes) is 1. The lowest BCUT2D eigenvalue weighted by Crippen LogP contribution is -2.59. The van der Waals surface area contributed by atoms with Gasteiger partial charge in [0.15, 0.2) is 0 Å². The van der Waals surface area contributed by atoms with Gasteiger partial charge in [-0.25, -0.2) is 4.79 Å². The van der Waals surface area contributed by atoms with Crippen LogP contribution in [0.15, 0.2) is 0 Å². The van der Waals surface area contributed by atoms with E-state index in [1.54, 1.807) is 0 Å². The Bertz CT molecular complexity index is 701. The van der Waals surface area contributed by atoms with Crippen LogP contribution < -0.4 is 22.1 Å². The number of carboxylic acid groups (broad SMARTS) is 2. The third kappa shape index (κ3) is 8.05. The number of carbonyl (C=O) groups is 5. The lowest BCUT2D eigenvalue weighted by molar-refractivity contribution is -0.149. The first-order chi connectivity index (χ1) is 15.0. The molecule has 0 aromatic rings. The molecule has 13 heteroatoms. The predicted octanol–water partition coefficient (Wildman–Crippen LogP) is -2.66. The van der Waals surface area contributed by atoms with Gasteiger partial charge in [0.1, 0.15) is 18.1 Å². The molecule has 1 aliphatic heterocycles. The number of aliphatic hydroxyl groups is 1. The summed E-state index contributed by atoms with van der Waals surface area (Å²) in [7, 11) is 0. The maximum Gasteiger partial charge on any atom is 0.326 e. The topological polar surface area (TPSA) is 225 Å².